The normalized spacial score (nSPS) is 24.2. The zero-order chi connectivity index (χ0) is 19.6. The molecule has 0 spiro atoms. The molecule has 0 atom stereocenters. The molecule has 1 amide bonds. The van der Waals surface area contributed by atoms with Gasteiger partial charge in [-0.2, -0.15) is 27.5 Å². The Morgan fingerprint density at radius 1 is 1.30 bits per heavy atom. The maximum Gasteiger partial charge on any atom is 0.420 e. The van der Waals surface area contributed by atoms with Gasteiger partial charge in [-0.3, -0.25) is 9.48 Å². The van der Waals surface area contributed by atoms with Gasteiger partial charge in [-0.05, 0) is 30.6 Å². The molecule has 3 saturated carbocycles. The van der Waals surface area contributed by atoms with Gasteiger partial charge >= 0.3 is 6.18 Å². The van der Waals surface area contributed by atoms with Gasteiger partial charge in [0.1, 0.15) is 11.3 Å². The van der Waals surface area contributed by atoms with E-state index in [9.17, 15) is 26.4 Å². The second-order valence-electron chi connectivity index (χ2n) is 7.36. The fourth-order valence-electron chi connectivity index (χ4n) is 3.86. The molecule has 12 heteroatoms. The molecule has 27 heavy (non-hydrogen) atoms. The first kappa shape index (κ1) is 18.0. The number of carbonyl (C=O) groups is 1. The van der Waals surface area contributed by atoms with Gasteiger partial charge in [0.05, 0.1) is 30.5 Å². The Hall–Kier alpha value is -2.37. The number of anilines is 1. The third kappa shape index (κ3) is 3.11. The standard InChI is InChI=1S/C15H16F3N5O3S/c1-27(25,26)23-7-10(5-20-23)21-13(24)12-11(15(16,17)18)6-19-22(12)8-14-2-9(3-14)4-14/h5-7,9H,2-4,8H2,1H3,(H,21,24). The summed E-state index contributed by atoms with van der Waals surface area (Å²) in [6.07, 6.45) is 1.72. The van der Waals surface area contributed by atoms with Crippen LogP contribution in [0.25, 0.3) is 0 Å². The quantitative estimate of drug-likeness (QED) is 0.823. The molecule has 3 aliphatic carbocycles. The predicted molar refractivity (Wildman–Crippen MR) is 87.4 cm³/mol. The lowest BCUT2D eigenvalue weighted by Crippen LogP contribution is -2.54. The van der Waals surface area contributed by atoms with Gasteiger partial charge in [0.2, 0.25) is 0 Å². The second-order valence-corrected chi connectivity index (χ2v) is 9.20. The van der Waals surface area contributed by atoms with E-state index >= 15 is 0 Å². The number of alkyl halides is 3. The molecule has 0 saturated heterocycles. The number of rotatable bonds is 5. The van der Waals surface area contributed by atoms with E-state index in [2.05, 4.69) is 15.5 Å². The van der Waals surface area contributed by atoms with Crippen LogP contribution < -0.4 is 5.32 Å². The zero-order valence-electron chi connectivity index (χ0n) is 14.2. The fourth-order valence-corrected chi connectivity index (χ4v) is 4.39. The van der Waals surface area contributed by atoms with Crippen LogP contribution in [0.1, 0.15) is 35.3 Å². The Kier molecular flexibility index (Phi) is 3.71. The van der Waals surface area contributed by atoms with Crippen molar-refractivity contribution in [2.45, 2.75) is 32.0 Å². The molecular weight excluding hydrogens is 387 g/mol. The maximum absolute atomic E-state index is 13.3. The molecule has 0 radical (unpaired) electrons. The van der Waals surface area contributed by atoms with Gasteiger partial charge in [0.15, 0.2) is 0 Å². The minimum Gasteiger partial charge on any atom is -0.318 e. The smallest absolute Gasteiger partial charge is 0.318 e. The molecule has 2 aromatic heterocycles. The number of aromatic nitrogens is 4. The minimum absolute atomic E-state index is 0.0307. The van der Waals surface area contributed by atoms with Crippen molar-refractivity contribution in [1.29, 1.82) is 0 Å². The van der Waals surface area contributed by atoms with Crippen molar-refractivity contribution in [3.05, 3.63) is 29.8 Å². The molecule has 146 valence electrons. The molecule has 8 nitrogen and oxygen atoms in total. The molecule has 0 aromatic carbocycles. The summed E-state index contributed by atoms with van der Waals surface area (Å²) in [7, 11) is -3.67. The summed E-state index contributed by atoms with van der Waals surface area (Å²) in [6.45, 7) is 0.255. The number of amides is 1. The summed E-state index contributed by atoms with van der Waals surface area (Å²) in [5.41, 5.74) is -1.80. The van der Waals surface area contributed by atoms with Crippen LogP contribution in [0.3, 0.4) is 0 Å². The van der Waals surface area contributed by atoms with E-state index in [1.807, 2.05) is 0 Å². The van der Waals surface area contributed by atoms with Gasteiger partial charge in [-0.25, -0.2) is 8.42 Å². The average Bonchev–Trinajstić information content (AvgIpc) is 3.06. The Balaban J connectivity index is 1.63. The Morgan fingerprint density at radius 2 is 1.96 bits per heavy atom. The van der Waals surface area contributed by atoms with Crippen molar-refractivity contribution in [1.82, 2.24) is 19.0 Å². The average molecular weight is 403 g/mol. The van der Waals surface area contributed by atoms with Crippen molar-refractivity contribution >= 4 is 21.6 Å². The fraction of sp³-hybridized carbons (Fsp3) is 0.533. The number of hydrogen-bond donors (Lipinski definition) is 1. The summed E-state index contributed by atoms with van der Waals surface area (Å²) in [4.78, 5) is 12.6. The number of halogens is 3. The van der Waals surface area contributed by atoms with Crippen LogP contribution in [-0.4, -0.2) is 39.5 Å². The van der Waals surface area contributed by atoms with Crippen molar-refractivity contribution in [2.24, 2.45) is 11.3 Å². The molecule has 3 aliphatic rings. The van der Waals surface area contributed by atoms with Crippen molar-refractivity contribution < 1.29 is 26.4 Å². The Morgan fingerprint density at radius 3 is 2.44 bits per heavy atom. The zero-order valence-corrected chi connectivity index (χ0v) is 15.0. The third-order valence-electron chi connectivity index (χ3n) is 5.17. The molecule has 0 unspecified atom stereocenters. The monoisotopic (exact) mass is 403 g/mol. The molecule has 3 fully saturated rings. The first-order chi connectivity index (χ1) is 12.5. The highest BCUT2D eigenvalue weighted by molar-refractivity contribution is 7.89. The van der Waals surface area contributed by atoms with Crippen molar-refractivity contribution in [2.75, 3.05) is 11.6 Å². The predicted octanol–water partition coefficient (Wildman–Crippen LogP) is 1.96. The van der Waals surface area contributed by atoms with Gasteiger partial charge < -0.3 is 5.32 Å². The molecule has 1 N–H and O–H groups in total. The van der Waals surface area contributed by atoms with Crippen LogP contribution in [0, 0.1) is 11.3 Å². The second kappa shape index (κ2) is 5.57. The van der Waals surface area contributed by atoms with Gasteiger partial charge in [-0.1, -0.05) is 0 Å². The van der Waals surface area contributed by atoms with E-state index in [4.69, 9.17) is 0 Å². The lowest BCUT2D eigenvalue weighted by molar-refractivity contribution is -0.138. The van der Waals surface area contributed by atoms with Crippen LogP contribution in [-0.2, 0) is 22.7 Å². The van der Waals surface area contributed by atoms with E-state index in [1.165, 1.54) is 0 Å². The lowest BCUT2D eigenvalue weighted by Gasteiger charge is -2.61. The minimum atomic E-state index is -4.73. The highest BCUT2D eigenvalue weighted by Crippen LogP contribution is 2.65. The van der Waals surface area contributed by atoms with Crippen LogP contribution in [0.4, 0.5) is 18.9 Å². The Bertz CT molecular complexity index is 1010. The molecule has 0 aliphatic heterocycles. The van der Waals surface area contributed by atoms with E-state index in [-0.39, 0.29) is 17.6 Å². The van der Waals surface area contributed by atoms with Gasteiger partial charge in [0, 0.05) is 6.54 Å². The van der Waals surface area contributed by atoms with Crippen LogP contribution >= 0.6 is 0 Å². The number of carbonyl (C=O) groups excluding carboxylic acids is 1. The highest BCUT2D eigenvalue weighted by Gasteiger charge is 2.57. The van der Waals surface area contributed by atoms with Gasteiger partial charge in [0.25, 0.3) is 15.9 Å². The SMILES string of the molecule is CS(=O)(=O)n1cc(NC(=O)c2c(C(F)(F)F)cnn2CC23CC(C2)C3)cn1. The number of hydrogen-bond acceptors (Lipinski definition) is 5. The summed E-state index contributed by atoms with van der Waals surface area (Å²) in [5.74, 6) is -0.374. The molecule has 2 aromatic rings. The van der Waals surface area contributed by atoms with Crippen LogP contribution in [0.15, 0.2) is 18.6 Å². The number of nitrogens with one attached hydrogen (secondary N) is 1. The summed E-state index contributed by atoms with van der Waals surface area (Å²) >= 11 is 0. The van der Waals surface area contributed by atoms with Crippen LogP contribution in [0.2, 0.25) is 0 Å². The maximum atomic E-state index is 13.3. The summed E-state index contributed by atoms with van der Waals surface area (Å²) in [6, 6.07) is 0. The highest BCUT2D eigenvalue weighted by atomic mass is 32.2. The molecule has 5 rings (SSSR count). The third-order valence-corrected chi connectivity index (χ3v) is 6.05. The van der Waals surface area contributed by atoms with E-state index in [0.29, 0.717) is 16.2 Å². The Labute approximate surface area is 152 Å². The topological polar surface area (TPSA) is 98.9 Å². The lowest BCUT2D eigenvalue weighted by atomic mass is 9.44. The van der Waals surface area contributed by atoms with E-state index < -0.39 is 33.4 Å². The van der Waals surface area contributed by atoms with Crippen molar-refractivity contribution in [3.8, 4) is 0 Å². The van der Waals surface area contributed by atoms with Crippen LogP contribution in [0.5, 0.6) is 0 Å². The largest absolute Gasteiger partial charge is 0.420 e. The van der Waals surface area contributed by atoms with Gasteiger partial charge in [-0.15, -0.1) is 0 Å². The van der Waals surface area contributed by atoms with E-state index in [1.54, 1.807) is 0 Å². The molecule has 2 bridgehead atoms. The molecule has 2 heterocycles. The number of nitrogens with zero attached hydrogens (tertiary/aromatic N) is 4. The summed E-state index contributed by atoms with van der Waals surface area (Å²) in [5, 5.41) is 9.65. The van der Waals surface area contributed by atoms with E-state index in [0.717, 1.165) is 42.6 Å². The first-order valence-corrected chi connectivity index (χ1v) is 10.0. The first-order valence-electron chi connectivity index (χ1n) is 8.16. The summed E-state index contributed by atoms with van der Waals surface area (Å²) < 4.78 is 64.6. The van der Waals surface area contributed by atoms with Crippen molar-refractivity contribution in [3.63, 3.8) is 0 Å². The molecular formula is C15H16F3N5O3S.